The fourth-order valence-corrected chi connectivity index (χ4v) is 2.59. The van der Waals surface area contributed by atoms with E-state index in [1.54, 1.807) is 19.2 Å². The number of guanidine groups is 1. The average Bonchev–Trinajstić information content (AvgIpc) is 2.65. The van der Waals surface area contributed by atoms with Crippen molar-refractivity contribution in [1.82, 2.24) is 10.6 Å². The monoisotopic (exact) mass is 484 g/mol. The topological polar surface area (TPSA) is 79.5 Å². The summed E-state index contributed by atoms with van der Waals surface area (Å²) in [6.07, 6.45) is 1.32. The zero-order valence-corrected chi connectivity index (χ0v) is 17.7. The Bertz CT molecular complexity index is 723. The van der Waals surface area contributed by atoms with Gasteiger partial charge in [0.25, 0.3) is 0 Å². The molecule has 0 bridgehead atoms. The molecule has 7 heteroatoms. The molecule has 0 spiro atoms. The number of benzene rings is 2. The molecule has 0 aromatic heterocycles. The van der Waals surface area contributed by atoms with Gasteiger partial charge in [-0.25, -0.2) is 4.39 Å². The van der Waals surface area contributed by atoms with Crippen molar-refractivity contribution in [1.29, 1.82) is 0 Å². The SMILES string of the molecule is CN=C(NCCc1ccccc1)NCC(Cc1ccc(F)cc1)C(N)=O.I. The summed E-state index contributed by atoms with van der Waals surface area (Å²) < 4.78 is 13.0. The van der Waals surface area contributed by atoms with Gasteiger partial charge in [0.15, 0.2) is 5.96 Å². The highest BCUT2D eigenvalue weighted by Crippen LogP contribution is 2.09. The molecule has 146 valence electrons. The number of nitrogens with one attached hydrogen (secondary N) is 2. The van der Waals surface area contributed by atoms with Crippen LogP contribution in [0.25, 0.3) is 0 Å². The van der Waals surface area contributed by atoms with Crippen LogP contribution < -0.4 is 16.4 Å². The predicted molar refractivity (Wildman–Crippen MR) is 118 cm³/mol. The van der Waals surface area contributed by atoms with E-state index in [0.29, 0.717) is 18.9 Å². The van der Waals surface area contributed by atoms with Crippen LogP contribution in [-0.4, -0.2) is 32.0 Å². The molecule has 0 saturated carbocycles. The van der Waals surface area contributed by atoms with Crippen molar-refractivity contribution >= 4 is 35.8 Å². The Kier molecular flexibility index (Phi) is 10.4. The summed E-state index contributed by atoms with van der Waals surface area (Å²) in [6.45, 7) is 1.08. The van der Waals surface area contributed by atoms with Crippen LogP contribution in [0.15, 0.2) is 59.6 Å². The van der Waals surface area contributed by atoms with Gasteiger partial charge in [0, 0.05) is 20.1 Å². The fraction of sp³-hybridized carbons (Fsp3) is 0.300. The molecule has 27 heavy (non-hydrogen) atoms. The lowest BCUT2D eigenvalue weighted by atomic mass is 9.98. The van der Waals surface area contributed by atoms with Crippen molar-refractivity contribution in [3.8, 4) is 0 Å². The van der Waals surface area contributed by atoms with E-state index >= 15 is 0 Å². The Morgan fingerprint density at radius 2 is 1.74 bits per heavy atom. The maximum absolute atomic E-state index is 13.0. The van der Waals surface area contributed by atoms with E-state index in [1.807, 2.05) is 18.2 Å². The lowest BCUT2D eigenvalue weighted by Gasteiger charge is -2.17. The zero-order chi connectivity index (χ0) is 18.8. The van der Waals surface area contributed by atoms with Crippen molar-refractivity contribution < 1.29 is 9.18 Å². The van der Waals surface area contributed by atoms with Gasteiger partial charge in [0.05, 0.1) is 5.92 Å². The van der Waals surface area contributed by atoms with Crippen LogP contribution in [0, 0.1) is 11.7 Å². The molecule has 0 heterocycles. The van der Waals surface area contributed by atoms with Crippen LogP contribution in [0.5, 0.6) is 0 Å². The van der Waals surface area contributed by atoms with Gasteiger partial charge in [-0.1, -0.05) is 42.5 Å². The molecule has 1 unspecified atom stereocenters. The Balaban J connectivity index is 0.00000364. The minimum Gasteiger partial charge on any atom is -0.369 e. The molecular weight excluding hydrogens is 458 g/mol. The summed E-state index contributed by atoms with van der Waals surface area (Å²) in [6, 6.07) is 16.2. The number of aliphatic imine (C=N–C) groups is 1. The third-order valence-electron chi connectivity index (χ3n) is 4.09. The number of halogens is 2. The quantitative estimate of drug-likeness (QED) is 0.306. The van der Waals surface area contributed by atoms with Gasteiger partial charge in [-0.15, -0.1) is 24.0 Å². The number of primary amides is 1. The number of carbonyl (C=O) groups excluding carboxylic acids is 1. The van der Waals surface area contributed by atoms with Gasteiger partial charge in [-0.2, -0.15) is 0 Å². The van der Waals surface area contributed by atoms with E-state index in [-0.39, 0.29) is 29.8 Å². The van der Waals surface area contributed by atoms with Crippen LogP contribution in [-0.2, 0) is 17.6 Å². The minimum atomic E-state index is -0.409. The smallest absolute Gasteiger partial charge is 0.222 e. The van der Waals surface area contributed by atoms with E-state index in [0.717, 1.165) is 18.5 Å². The Hall–Kier alpha value is -2.16. The molecule has 0 saturated heterocycles. The molecule has 0 fully saturated rings. The van der Waals surface area contributed by atoms with Crippen LogP contribution in [0.4, 0.5) is 4.39 Å². The van der Waals surface area contributed by atoms with E-state index in [4.69, 9.17) is 5.73 Å². The summed E-state index contributed by atoms with van der Waals surface area (Å²) in [5.74, 6) is -0.494. The summed E-state index contributed by atoms with van der Waals surface area (Å²) >= 11 is 0. The summed E-state index contributed by atoms with van der Waals surface area (Å²) in [4.78, 5) is 15.9. The largest absolute Gasteiger partial charge is 0.369 e. The van der Waals surface area contributed by atoms with Crippen LogP contribution in [0.2, 0.25) is 0 Å². The van der Waals surface area contributed by atoms with E-state index in [2.05, 4.69) is 27.8 Å². The highest BCUT2D eigenvalue weighted by Gasteiger charge is 2.16. The van der Waals surface area contributed by atoms with Crippen LogP contribution >= 0.6 is 24.0 Å². The number of hydrogen-bond donors (Lipinski definition) is 3. The van der Waals surface area contributed by atoms with E-state index in [1.165, 1.54) is 17.7 Å². The number of rotatable bonds is 8. The Morgan fingerprint density at radius 3 is 2.33 bits per heavy atom. The minimum absolute atomic E-state index is 0. The lowest BCUT2D eigenvalue weighted by molar-refractivity contribution is -0.121. The normalized spacial score (nSPS) is 12.0. The maximum Gasteiger partial charge on any atom is 0.222 e. The average molecular weight is 484 g/mol. The summed E-state index contributed by atoms with van der Waals surface area (Å²) in [5.41, 5.74) is 7.61. The Labute approximate surface area is 176 Å². The second-order valence-corrected chi connectivity index (χ2v) is 6.05. The molecule has 0 aliphatic carbocycles. The van der Waals surface area contributed by atoms with E-state index in [9.17, 15) is 9.18 Å². The predicted octanol–water partition coefficient (Wildman–Crippen LogP) is 2.50. The standard InChI is InChI=1S/C20H25FN4O.HI/c1-23-20(24-12-11-15-5-3-2-4-6-15)25-14-17(19(22)26)13-16-7-9-18(21)10-8-16;/h2-10,17H,11-14H2,1H3,(H2,22,26)(H2,23,24,25);1H. The van der Waals surface area contributed by atoms with Crippen molar-refractivity contribution in [2.45, 2.75) is 12.8 Å². The molecule has 2 aromatic carbocycles. The number of nitrogens with zero attached hydrogens (tertiary/aromatic N) is 1. The van der Waals surface area contributed by atoms with Crippen LogP contribution in [0.1, 0.15) is 11.1 Å². The zero-order valence-electron chi connectivity index (χ0n) is 15.3. The first-order valence-electron chi connectivity index (χ1n) is 8.60. The van der Waals surface area contributed by atoms with Gasteiger partial charge in [0.2, 0.25) is 5.91 Å². The van der Waals surface area contributed by atoms with Crippen molar-refractivity contribution in [3.05, 3.63) is 71.5 Å². The van der Waals surface area contributed by atoms with Crippen molar-refractivity contribution in [2.24, 2.45) is 16.6 Å². The first-order valence-corrected chi connectivity index (χ1v) is 8.60. The van der Waals surface area contributed by atoms with Crippen molar-refractivity contribution in [2.75, 3.05) is 20.1 Å². The fourth-order valence-electron chi connectivity index (χ4n) is 2.59. The molecule has 0 radical (unpaired) electrons. The lowest BCUT2D eigenvalue weighted by Crippen LogP contribution is -2.43. The van der Waals surface area contributed by atoms with E-state index < -0.39 is 11.8 Å². The number of amides is 1. The molecule has 4 N–H and O–H groups in total. The second kappa shape index (κ2) is 12.3. The molecule has 0 aliphatic heterocycles. The van der Waals surface area contributed by atoms with Gasteiger partial charge < -0.3 is 16.4 Å². The molecule has 2 aromatic rings. The third-order valence-corrected chi connectivity index (χ3v) is 4.09. The highest BCUT2D eigenvalue weighted by molar-refractivity contribution is 14.0. The molecular formula is C20H26FIN4O. The first kappa shape index (κ1) is 22.9. The summed E-state index contributed by atoms with van der Waals surface area (Å²) in [7, 11) is 1.68. The molecule has 0 aliphatic rings. The molecule has 2 rings (SSSR count). The number of hydrogen-bond acceptors (Lipinski definition) is 2. The maximum atomic E-state index is 13.0. The number of carbonyl (C=O) groups is 1. The van der Waals surface area contributed by atoms with Crippen LogP contribution in [0.3, 0.4) is 0 Å². The molecule has 1 amide bonds. The van der Waals surface area contributed by atoms with Gasteiger partial charge in [0.1, 0.15) is 5.82 Å². The van der Waals surface area contributed by atoms with Gasteiger partial charge >= 0.3 is 0 Å². The first-order chi connectivity index (χ1) is 12.6. The third kappa shape index (κ3) is 8.38. The second-order valence-electron chi connectivity index (χ2n) is 6.05. The molecule has 5 nitrogen and oxygen atoms in total. The number of nitrogens with two attached hydrogens (primary N) is 1. The van der Waals surface area contributed by atoms with Crippen molar-refractivity contribution in [3.63, 3.8) is 0 Å². The van der Waals surface area contributed by atoms with Gasteiger partial charge in [-0.3, -0.25) is 9.79 Å². The highest BCUT2D eigenvalue weighted by atomic mass is 127. The Morgan fingerprint density at radius 1 is 1.07 bits per heavy atom. The van der Waals surface area contributed by atoms with Gasteiger partial charge in [-0.05, 0) is 36.1 Å². The summed E-state index contributed by atoms with van der Waals surface area (Å²) in [5, 5.41) is 6.35. The molecule has 1 atom stereocenters.